The number of aryl methyl sites for hydroxylation is 1. The normalized spacial score (nSPS) is 17.0. The topological polar surface area (TPSA) is 60.5 Å². The number of fused-ring (bicyclic) bond motifs is 1. The highest BCUT2D eigenvalue weighted by Gasteiger charge is 2.52. The van der Waals surface area contributed by atoms with E-state index in [4.69, 9.17) is 14.0 Å². The molecule has 6 heteroatoms. The molecule has 0 amide bonds. The molecular formula is C24H38BNO4. The van der Waals surface area contributed by atoms with Crippen LogP contribution in [0, 0.1) is 0 Å². The van der Waals surface area contributed by atoms with Gasteiger partial charge in [-0.3, -0.25) is 0 Å². The first kappa shape index (κ1) is 24.5. The Bertz CT molecular complexity index is 840. The molecule has 1 aliphatic rings. The third-order valence-corrected chi connectivity index (χ3v) is 6.13. The van der Waals surface area contributed by atoms with Crippen molar-refractivity contribution in [1.82, 2.24) is 4.98 Å². The van der Waals surface area contributed by atoms with Crippen LogP contribution < -0.4 is 5.59 Å². The molecule has 1 aliphatic heterocycles. The van der Waals surface area contributed by atoms with Crippen LogP contribution in [-0.4, -0.2) is 36.4 Å². The molecule has 5 nitrogen and oxygen atoms in total. The lowest BCUT2D eigenvalue weighted by Crippen LogP contribution is -2.41. The van der Waals surface area contributed by atoms with E-state index >= 15 is 0 Å². The summed E-state index contributed by atoms with van der Waals surface area (Å²) in [7, 11) is 0.955. The number of unbranched alkanes of at least 4 members (excludes halogenated alkanes) is 3. The quantitative estimate of drug-likeness (QED) is 0.374. The zero-order valence-electron chi connectivity index (χ0n) is 20.0. The zero-order chi connectivity index (χ0) is 22.5. The number of carbonyl (C=O) groups excluding carboxylic acids is 1. The number of esters is 1. The number of hydrogen-bond donors (Lipinski definition) is 1. The Hall–Kier alpha value is -1.79. The maximum atomic E-state index is 11.9. The maximum Gasteiger partial charge on any atom is 0.512 e. The van der Waals surface area contributed by atoms with E-state index in [0.717, 1.165) is 29.3 Å². The number of aromatic amines is 1. The highest BCUT2D eigenvalue weighted by atomic mass is 16.7. The van der Waals surface area contributed by atoms with E-state index in [9.17, 15) is 4.79 Å². The maximum absolute atomic E-state index is 11.9. The fraction of sp³-hybridized carbons (Fsp3) is 0.625. The lowest BCUT2D eigenvalue weighted by atomic mass is 9.80. The molecule has 1 aromatic carbocycles. The fourth-order valence-electron chi connectivity index (χ4n) is 3.68. The molecule has 1 N–H and O–H groups in total. The Kier molecular flexibility index (Phi) is 8.17. The van der Waals surface area contributed by atoms with Crippen LogP contribution in [-0.2, 0) is 20.5 Å². The summed E-state index contributed by atoms with van der Waals surface area (Å²) < 4.78 is 17.5. The summed E-state index contributed by atoms with van der Waals surface area (Å²) in [5.74, 6) is -0.335. The molecule has 1 saturated heterocycles. The second-order valence-electron chi connectivity index (χ2n) is 8.67. The van der Waals surface area contributed by atoms with Gasteiger partial charge in [-0.15, -0.1) is 0 Å². The molecule has 0 unspecified atom stereocenters. The van der Waals surface area contributed by atoms with Crippen molar-refractivity contribution in [1.29, 1.82) is 0 Å². The van der Waals surface area contributed by atoms with Crippen molar-refractivity contribution in [2.45, 2.75) is 91.8 Å². The number of rotatable bonds is 7. The van der Waals surface area contributed by atoms with E-state index in [0.29, 0.717) is 5.56 Å². The summed E-state index contributed by atoms with van der Waals surface area (Å²) in [4.78, 5) is 15.4. The summed E-state index contributed by atoms with van der Waals surface area (Å²) in [6.45, 7) is 14.5. The van der Waals surface area contributed by atoms with Crippen LogP contribution in [0.3, 0.4) is 0 Å². The molecule has 0 atom stereocenters. The van der Waals surface area contributed by atoms with Gasteiger partial charge in [-0.25, -0.2) is 4.79 Å². The van der Waals surface area contributed by atoms with Crippen molar-refractivity contribution < 1.29 is 18.8 Å². The highest BCUT2D eigenvalue weighted by Crippen LogP contribution is 2.37. The Morgan fingerprint density at radius 2 is 1.70 bits per heavy atom. The summed E-state index contributed by atoms with van der Waals surface area (Å²) in [5, 5.41) is 1.12. The van der Waals surface area contributed by atoms with E-state index in [1.807, 2.05) is 32.0 Å². The first-order chi connectivity index (χ1) is 14.2. The third-order valence-electron chi connectivity index (χ3n) is 6.13. The first-order valence-electron chi connectivity index (χ1n) is 11.3. The lowest BCUT2D eigenvalue weighted by Gasteiger charge is -2.32. The summed E-state index contributed by atoms with van der Waals surface area (Å²) in [6.07, 6.45) is 5.72. The van der Waals surface area contributed by atoms with E-state index in [1.165, 1.54) is 31.9 Å². The first-order valence-corrected chi connectivity index (χ1v) is 11.3. The minimum atomic E-state index is -0.444. The molecule has 0 spiro atoms. The summed E-state index contributed by atoms with van der Waals surface area (Å²) >= 11 is 0. The molecule has 0 aliphatic carbocycles. The van der Waals surface area contributed by atoms with E-state index in [1.54, 1.807) is 0 Å². The summed E-state index contributed by atoms with van der Waals surface area (Å²) in [6, 6.07) is 5.68. The Morgan fingerprint density at radius 3 is 2.27 bits per heavy atom. The predicted molar refractivity (Wildman–Crippen MR) is 125 cm³/mol. The molecule has 0 saturated carbocycles. The second-order valence-corrected chi connectivity index (χ2v) is 8.67. The third kappa shape index (κ3) is 4.92. The number of aromatic nitrogens is 1. The van der Waals surface area contributed by atoms with E-state index < -0.39 is 18.3 Å². The molecule has 3 rings (SSSR count). The predicted octanol–water partition coefficient (Wildman–Crippen LogP) is 5.40. The number of benzene rings is 1. The van der Waals surface area contributed by atoms with Gasteiger partial charge in [0.1, 0.15) is 0 Å². The van der Waals surface area contributed by atoms with Crippen LogP contribution in [0.15, 0.2) is 18.2 Å². The monoisotopic (exact) mass is 415 g/mol. The van der Waals surface area contributed by atoms with Gasteiger partial charge < -0.3 is 19.0 Å². The Labute approximate surface area is 182 Å². The molecule has 1 aromatic heterocycles. The number of ether oxygens (including phenoxy) is 1. The largest absolute Gasteiger partial charge is 0.512 e. The molecule has 2 aromatic rings. The van der Waals surface area contributed by atoms with Crippen molar-refractivity contribution >= 4 is 29.6 Å². The van der Waals surface area contributed by atoms with Gasteiger partial charge in [-0.2, -0.15) is 0 Å². The van der Waals surface area contributed by atoms with Crippen molar-refractivity contribution in [2.75, 3.05) is 7.11 Å². The van der Waals surface area contributed by atoms with Gasteiger partial charge in [0.05, 0.1) is 23.9 Å². The van der Waals surface area contributed by atoms with E-state index in [-0.39, 0.29) is 5.97 Å². The molecule has 0 radical (unpaired) electrons. The van der Waals surface area contributed by atoms with Crippen LogP contribution in [0.1, 0.15) is 90.1 Å². The number of carbonyl (C=O) groups is 1. The van der Waals surface area contributed by atoms with Crippen LogP contribution in [0.5, 0.6) is 0 Å². The number of methoxy groups -OCH3 is 1. The van der Waals surface area contributed by atoms with Crippen molar-refractivity contribution in [3.05, 3.63) is 29.3 Å². The molecule has 0 bridgehead atoms. The van der Waals surface area contributed by atoms with Gasteiger partial charge in [-0.1, -0.05) is 46.1 Å². The second kappa shape index (κ2) is 10.0. The standard InChI is InChI=1S/C22H32BNO4.C2H6/c1-7-8-9-10-11-17-16-13-12-15(20(25)26-6)14-18(16)24-19(17)23-27-21(2,3)22(4,5)28-23;1-2/h12-14,24H,7-11H2,1-6H3;1-2H3. The minimum absolute atomic E-state index is 0.335. The van der Waals surface area contributed by atoms with Gasteiger partial charge in [0.2, 0.25) is 0 Å². The van der Waals surface area contributed by atoms with Gasteiger partial charge in [0.25, 0.3) is 0 Å². The van der Waals surface area contributed by atoms with Crippen LogP contribution in [0.2, 0.25) is 0 Å². The van der Waals surface area contributed by atoms with Crippen molar-refractivity contribution in [3.8, 4) is 0 Å². The molecule has 1 fully saturated rings. The average molecular weight is 415 g/mol. The summed E-state index contributed by atoms with van der Waals surface area (Å²) in [5.41, 5.74) is 2.84. The van der Waals surface area contributed by atoms with Gasteiger partial charge in [-0.05, 0) is 58.2 Å². The van der Waals surface area contributed by atoms with Crippen LogP contribution >= 0.6 is 0 Å². The number of nitrogens with one attached hydrogen (secondary N) is 1. The van der Waals surface area contributed by atoms with Crippen LogP contribution in [0.25, 0.3) is 10.9 Å². The Balaban J connectivity index is 0.00000155. The van der Waals surface area contributed by atoms with Gasteiger partial charge in [0.15, 0.2) is 0 Å². The smallest absolute Gasteiger partial charge is 0.465 e. The number of H-pyrrole nitrogens is 1. The fourth-order valence-corrected chi connectivity index (χ4v) is 3.68. The minimum Gasteiger partial charge on any atom is -0.465 e. The van der Waals surface area contributed by atoms with Gasteiger partial charge in [0, 0.05) is 16.5 Å². The molecule has 166 valence electrons. The van der Waals surface area contributed by atoms with Gasteiger partial charge >= 0.3 is 13.1 Å². The molecule has 2 heterocycles. The lowest BCUT2D eigenvalue weighted by molar-refractivity contribution is 0.00578. The van der Waals surface area contributed by atoms with Crippen molar-refractivity contribution in [2.24, 2.45) is 0 Å². The zero-order valence-corrected chi connectivity index (χ0v) is 20.0. The molecule has 30 heavy (non-hydrogen) atoms. The van der Waals surface area contributed by atoms with Crippen LogP contribution in [0.4, 0.5) is 0 Å². The average Bonchev–Trinajstić information content (AvgIpc) is 3.19. The number of hydrogen-bond acceptors (Lipinski definition) is 4. The Morgan fingerprint density at radius 1 is 1.07 bits per heavy atom. The molecular weight excluding hydrogens is 377 g/mol. The van der Waals surface area contributed by atoms with E-state index in [2.05, 4.69) is 39.6 Å². The SMILES string of the molecule is CC.CCCCCCc1c(B2OC(C)(C)C(C)(C)O2)[nH]c2cc(C(=O)OC)ccc12. The highest BCUT2D eigenvalue weighted by molar-refractivity contribution is 6.62. The van der Waals surface area contributed by atoms with Crippen molar-refractivity contribution in [3.63, 3.8) is 0 Å².